The van der Waals surface area contributed by atoms with Gasteiger partial charge in [0.25, 0.3) is 5.69 Å². The number of para-hydroxylation sites is 1. The highest BCUT2D eigenvalue weighted by molar-refractivity contribution is 6.06. The Balaban J connectivity index is 2.57. The van der Waals surface area contributed by atoms with Crippen molar-refractivity contribution in [3.8, 4) is 0 Å². The fourth-order valence-corrected chi connectivity index (χ4v) is 2.36. The van der Waals surface area contributed by atoms with Gasteiger partial charge in [-0.3, -0.25) is 14.9 Å². The minimum absolute atomic E-state index is 0.0429. The summed E-state index contributed by atoms with van der Waals surface area (Å²) in [7, 11) is 1.16. The van der Waals surface area contributed by atoms with Gasteiger partial charge in [-0.05, 0) is 6.07 Å². The van der Waals surface area contributed by atoms with Gasteiger partial charge in [0.2, 0.25) is 5.91 Å². The van der Waals surface area contributed by atoms with Crippen LogP contribution in [0.25, 0.3) is 0 Å². The molecule has 1 amide bonds. The second kappa shape index (κ2) is 5.88. The van der Waals surface area contributed by atoms with Crippen molar-refractivity contribution in [3.05, 3.63) is 33.9 Å². The molecule has 21 heavy (non-hydrogen) atoms. The number of aliphatic hydroxyl groups is 1. The monoisotopic (exact) mass is 294 g/mol. The number of hydrogen-bond acceptors (Lipinski definition) is 6. The topological polar surface area (TPSA) is 110 Å². The Morgan fingerprint density at radius 3 is 2.81 bits per heavy atom. The Morgan fingerprint density at radius 1 is 1.57 bits per heavy atom. The van der Waals surface area contributed by atoms with Crippen LogP contribution in [-0.2, 0) is 9.53 Å². The summed E-state index contributed by atoms with van der Waals surface area (Å²) in [4.78, 5) is 35.5. The number of carbonyl (C=O) groups excluding carboxylic acids is 2. The third-order valence-corrected chi connectivity index (χ3v) is 3.35. The minimum Gasteiger partial charge on any atom is -0.465 e. The summed E-state index contributed by atoms with van der Waals surface area (Å²) < 4.78 is 4.61. The van der Waals surface area contributed by atoms with Crippen molar-refractivity contribution in [3.63, 3.8) is 0 Å². The van der Waals surface area contributed by atoms with Gasteiger partial charge in [-0.2, -0.15) is 0 Å². The molecule has 1 aromatic rings. The van der Waals surface area contributed by atoms with E-state index in [2.05, 4.69) is 4.74 Å². The maximum Gasteiger partial charge on any atom is 0.340 e. The normalized spacial score (nSPS) is 17.9. The minimum atomic E-state index is -0.756. The van der Waals surface area contributed by atoms with Gasteiger partial charge in [0.15, 0.2) is 0 Å². The van der Waals surface area contributed by atoms with E-state index in [4.69, 9.17) is 5.11 Å². The molecular weight excluding hydrogens is 280 g/mol. The molecule has 0 spiro atoms. The predicted molar refractivity (Wildman–Crippen MR) is 72.0 cm³/mol. The molecule has 1 atom stereocenters. The predicted octanol–water partition coefficient (Wildman–Crippen LogP) is 0.727. The van der Waals surface area contributed by atoms with Crippen molar-refractivity contribution in [2.75, 3.05) is 25.2 Å². The zero-order valence-corrected chi connectivity index (χ0v) is 11.3. The number of nitro groups is 1. The lowest BCUT2D eigenvalue weighted by Gasteiger charge is -2.19. The van der Waals surface area contributed by atoms with Crippen molar-refractivity contribution in [1.82, 2.24) is 0 Å². The van der Waals surface area contributed by atoms with Crippen molar-refractivity contribution in [1.29, 1.82) is 0 Å². The molecule has 0 aliphatic carbocycles. The lowest BCUT2D eigenvalue weighted by molar-refractivity contribution is -0.384. The van der Waals surface area contributed by atoms with Crippen LogP contribution in [0.1, 0.15) is 16.8 Å². The number of aliphatic hydroxyl groups excluding tert-OH is 1. The van der Waals surface area contributed by atoms with Crippen molar-refractivity contribution in [2.24, 2.45) is 5.92 Å². The van der Waals surface area contributed by atoms with Crippen LogP contribution in [0.15, 0.2) is 18.2 Å². The highest BCUT2D eigenvalue weighted by Crippen LogP contribution is 2.36. The van der Waals surface area contributed by atoms with Crippen LogP contribution in [0.4, 0.5) is 11.4 Å². The Kier molecular flexibility index (Phi) is 4.18. The summed E-state index contributed by atoms with van der Waals surface area (Å²) in [5.74, 6) is -1.43. The zero-order valence-electron chi connectivity index (χ0n) is 11.3. The largest absolute Gasteiger partial charge is 0.465 e. The summed E-state index contributed by atoms with van der Waals surface area (Å²) in [6.45, 7) is -0.0688. The molecular formula is C13H14N2O6. The molecule has 1 N–H and O–H groups in total. The van der Waals surface area contributed by atoms with Gasteiger partial charge in [0.05, 0.1) is 17.6 Å². The third-order valence-electron chi connectivity index (χ3n) is 3.35. The molecule has 2 rings (SSSR count). The lowest BCUT2D eigenvalue weighted by atomic mass is 10.1. The average Bonchev–Trinajstić information content (AvgIpc) is 2.86. The van der Waals surface area contributed by atoms with Crippen molar-refractivity contribution < 1.29 is 24.4 Å². The number of ether oxygens (including phenoxy) is 1. The molecule has 8 heteroatoms. The highest BCUT2D eigenvalue weighted by Gasteiger charge is 2.36. The van der Waals surface area contributed by atoms with Crippen molar-refractivity contribution in [2.45, 2.75) is 6.42 Å². The van der Waals surface area contributed by atoms with Crippen LogP contribution in [0.5, 0.6) is 0 Å². The number of nitrogens with zero attached hydrogens (tertiary/aromatic N) is 2. The molecule has 1 heterocycles. The molecule has 0 radical (unpaired) electrons. The van der Waals surface area contributed by atoms with Crippen molar-refractivity contribution >= 4 is 23.3 Å². The molecule has 0 bridgehead atoms. The molecule has 1 saturated heterocycles. The molecule has 0 aromatic heterocycles. The van der Waals surface area contributed by atoms with Gasteiger partial charge in [-0.25, -0.2) is 4.79 Å². The van der Waals surface area contributed by atoms with E-state index in [1.807, 2.05) is 0 Å². The number of benzene rings is 1. The van der Waals surface area contributed by atoms with Gasteiger partial charge < -0.3 is 14.7 Å². The number of carbonyl (C=O) groups is 2. The number of nitro benzene ring substituents is 1. The smallest absolute Gasteiger partial charge is 0.340 e. The van der Waals surface area contributed by atoms with Gasteiger partial charge in [-0.15, -0.1) is 0 Å². The van der Waals surface area contributed by atoms with Gasteiger partial charge in [0.1, 0.15) is 5.69 Å². The number of esters is 1. The molecule has 0 saturated carbocycles. The zero-order chi connectivity index (χ0) is 15.6. The van der Waals surface area contributed by atoms with Crippen LogP contribution in [0, 0.1) is 16.0 Å². The van der Waals surface area contributed by atoms with Crippen LogP contribution in [-0.4, -0.2) is 42.2 Å². The van der Waals surface area contributed by atoms with E-state index in [0.29, 0.717) is 0 Å². The Hall–Kier alpha value is -2.48. The maximum atomic E-state index is 12.0. The second-order valence-electron chi connectivity index (χ2n) is 4.68. The first kappa shape index (κ1) is 14.9. The summed E-state index contributed by atoms with van der Waals surface area (Å²) >= 11 is 0. The average molecular weight is 294 g/mol. The summed E-state index contributed by atoms with van der Waals surface area (Å²) in [5, 5.41) is 20.3. The molecule has 1 aliphatic heterocycles. The first-order chi connectivity index (χ1) is 9.99. The number of methoxy groups -OCH3 is 1. The van der Waals surface area contributed by atoms with Crippen LogP contribution in [0.2, 0.25) is 0 Å². The molecule has 1 aromatic carbocycles. The van der Waals surface area contributed by atoms with E-state index < -0.39 is 10.9 Å². The Bertz CT molecular complexity index is 600. The summed E-state index contributed by atoms with van der Waals surface area (Å²) in [6.07, 6.45) is 0.0865. The quantitative estimate of drug-likeness (QED) is 0.498. The van der Waals surface area contributed by atoms with Gasteiger partial charge in [0, 0.05) is 31.6 Å². The molecule has 1 aliphatic rings. The highest BCUT2D eigenvalue weighted by atomic mass is 16.6. The van der Waals surface area contributed by atoms with Crippen LogP contribution in [0.3, 0.4) is 0 Å². The van der Waals surface area contributed by atoms with Gasteiger partial charge >= 0.3 is 5.97 Å². The van der Waals surface area contributed by atoms with E-state index in [1.165, 1.54) is 23.1 Å². The standard InChI is InChI=1S/C13H14N2O6/c1-21-13(18)9-3-2-4-10(15(19)20)12(9)14-6-8(7-16)5-11(14)17/h2-4,8,16H,5-7H2,1H3. The Morgan fingerprint density at radius 2 is 2.29 bits per heavy atom. The van der Waals surface area contributed by atoms with Crippen LogP contribution < -0.4 is 4.90 Å². The fourth-order valence-electron chi connectivity index (χ4n) is 2.36. The number of anilines is 1. The summed E-state index contributed by atoms with van der Waals surface area (Å²) in [5.41, 5.74) is -0.459. The van der Waals surface area contributed by atoms with E-state index in [-0.39, 0.29) is 48.3 Å². The first-order valence-electron chi connectivity index (χ1n) is 6.26. The molecule has 1 fully saturated rings. The van der Waals surface area contributed by atoms with E-state index >= 15 is 0 Å². The number of amides is 1. The van der Waals surface area contributed by atoms with Crippen LogP contribution >= 0.6 is 0 Å². The molecule has 8 nitrogen and oxygen atoms in total. The summed E-state index contributed by atoms with van der Waals surface area (Å²) in [6, 6.07) is 3.95. The first-order valence-corrected chi connectivity index (χ1v) is 6.26. The lowest BCUT2D eigenvalue weighted by Crippen LogP contribution is -2.28. The second-order valence-corrected chi connectivity index (χ2v) is 4.68. The molecule has 112 valence electrons. The fraction of sp³-hybridized carbons (Fsp3) is 0.385. The van der Waals surface area contributed by atoms with E-state index in [1.54, 1.807) is 0 Å². The van der Waals surface area contributed by atoms with E-state index in [0.717, 1.165) is 7.11 Å². The maximum absolute atomic E-state index is 12.0. The molecule has 1 unspecified atom stereocenters. The van der Waals surface area contributed by atoms with E-state index in [9.17, 15) is 19.7 Å². The number of rotatable bonds is 4. The third kappa shape index (κ3) is 2.70. The number of hydrogen-bond donors (Lipinski definition) is 1. The Labute approximate surface area is 120 Å². The SMILES string of the molecule is COC(=O)c1cccc([N+](=O)[O-])c1N1CC(CO)CC1=O. The van der Waals surface area contributed by atoms with Gasteiger partial charge in [-0.1, -0.05) is 6.07 Å².